The third-order valence-corrected chi connectivity index (χ3v) is 3.65. The molecule has 0 aliphatic heterocycles. The summed E-state index contributed by atoms with van der Waals surface area (Å²) in [6.45, 7) is 1.89. The first-order valence-electron chi connectivity index (χ1n) is 5.40. The second kappa shape index (κ2) is 5.60. The van der Waals surface area contributed by atoms with Crippen LogP contribution in [0.1, 0.15) is 32.6 Å². The molecule has 1 unspecified atom stereocenters. The van der Waals surface area contributed by atoms with Crippen molar-refractivity contribution >= 4 is 16.2 Å². The zero-order chi connectivity index (χ0) is 12.2. The molecule has 0 aromatic carbocycles. The van der Waals surface area contributed by atoms with Crippen LogP contribution in [-0.4, -0.2) is 32.1 Å². The standard InChI is InChI=1S/C9H18N2O4S/c1-7(9(12)13)3-2-6-10-16(14,15)11-8-4-5-8/h7-8,10-11H,2-6H2,1H3,(H,12,13). The van der Waals surface area contributed by atoms with Crippen LogP contribution >= 0.6 is 0 Å². The van der Waals surface area contributed by atoms with Crippen molar-refractivity contribution in [1.82, 2.24) is 9.44 Å². The summed E-state index contributed by atoms with van der Waals surface area (Å²) in [6, 6.07) is 0.0930. The van der Waals surface area contributed by atoms with E-state index in [0.717, 1.165) is 12.8 Å². The highest BCUT2D eigenvalue weighted by Gasteiger charge is 2.26. The average Bonchev–Trinajstić information content (AvgIpc) is 2.94. The van der Waals surface area contributed by atoms with E-state index in [9.17, 15) is 13.2 Å². The maximum atomic E-state index is 11.3. The minimum absolute atomic E-state index is 0.0930. The highest BCUT2D eigenvalue weighted by Crippen LogP contribution is 2.19. The molecule has 1 aliphatic rings. The van der Waals surface area contributed by atoms with Crippen molar-refractivity contribution in [1.29, 1.82) is 0 Å². The molecular formula is C9H18N2O4S. The zero-order valence-corrected chi connectivity index (χ0v) is 10.1. The van der Waals surface area contributed by atoms with Crippen LogP contribution in [0, 0.1) is 5.92 Å². The van der Waals surface area contributed by atoms with Crippen LogP contribution in [-0.2, 0) is 15.0 Å². The van der Waals surface area contributed by atoms with E-state index in [1.807, 2.05) is 0 Å². The molecule has 0 aromatic rings. The van der Waals surface area contributed by atoms with Gasteiger partial charge in [-0.3, -0.25) is 4.79 Å². The van der Waals surface area contributed by atoms with Gasteiger partial charge in [-0.25, -0.2) is 4.72 Å². The van der Waals surface area contributed by atoms with E-state index >= 15 is 0 Å². The first kappa shape index (κ1) is 13.4. The molecule has 6 nitrogen and oxygen atoms in total. The molecule has 94 valence electrons. The van der Waals surface area contributed by atoms with Gasteiger partial charge in [0.15, 0.2) is 0 Å². The number of hydrogen-bond donors (Lipinski definition) is 3. The predicted octanol–water partition coefficient (Wildman–Crippen LogP) is 0.0737. The first-order chi connectivity index (χ1) is 7.41. The maximum Gasteiger partial charge on any atom is 0.306 e. The Morgan fingerprint density at radius 1 is 1.50 bits per heavy atom. The van der Waals surface area contributed by atoms with Crippen LogP contribution in [0.2, 0.25) is 0 Å². The lowest BCUT2D eigenvalue weighted by molar-refractivity contribution is -0.141. The SMILES string of the molecule is CC(CCCNS(=O)(=O)NC1CC1)C(=O)O. The lowest BCUT2D eigenvalue weighted by Crippen LogP contribution is -2.38. The van der Waals surface area contributed by atoms with Crippen LogP contribution < -0.4 is 9.44 Å². The third kappa shape index (κ3) is 5.43. The fraction of sp³-hybridized carbons (Fsp3) is 0.889. The summed E-state index contributed by atoms with van der Waals surface area (Å²) in [6.07, 6.45) is 2.80. The smallest absolute Gasteiger partial charge is 0.306 e. The largest absolute Gasteiger partial charge is 0.481 e. The molecule has 0 amide bonds. The fourth-order valence-electron chi connectivity index (χ4n) is 1.20. The van der Waals surface area contributed by atoms with E-state index in [4.69, 9.17) is 5.11 Å². The zero-order valence-electron chi connectivity index (χ0n) is 9.27. The van der Waals surface area contributed by atoms with Crippen LogP contribution in [0.3, 0.4) is 0 Å². The highest BCUT2D eigenvalue weighted by atomic mass is 32.2. The summed E-state index contributed by atoms with van der Waals surface area (Å²) in [5, 5.41) is 8.62. The van der Waals surface area contributed by atoms with Crippen LogP contribution in [0.5, 0.6) is 0 Å². The van der Waals surface area contributed by atoms with E-state index in [1.54, 1.807) is 6.92 Å². The van der Waals surface area contributed by atoms with Crippen molar-refractivity contribution in [2.45, 2.75) is 38.6 Å². The Morgan fingerprint density at radius 2 is 2.12 bits per heavy atom. The quantitative estimate of drug-likeness (QED) is 0.531. The number of carboxylic acids is 1. The molecule has 0 heterocycles. The second-order valence-electron chi connectivity index (χ2n) is 4.17. The number of carboxylic acid groups (broad SMARTS) is 1. The summed E-state index contributed by atoms with van der Waals surface area (Å²) >= 11 is 0. The van der Waals surface area contributed by atoms with Gasteiger partial charge < -0.3 is 5.11 Å². The molecule has 0 aromatic heterocycles. The fourth-order valence-corrected chi connectivity index (χ4v) is 2.37. The number of rotatable bonds is 8. The Kier molecular flexibility index (Phi) is 4.69. The molecule has 0 saturated heterocycles. The van der Waals surface area contributed by atoms with Gasteiger partial charge >= 0.3 is 5.97 Å². The molecule has 1 saturated carbocycles. The summed E-state index contributed by atoms with van der Waals surface area (Å²) in [7, 11) is -3.38. The minimum atomic E-state index is -3.38. The highest BCUT2D eigenvalue weighted by molar-refractivity contribution is 7.87. The van der Waals surface area contributed by atoms with Crippen LogP contribution in [0.15, 0.2) is 0 Å². The maximum absolute atomic E-state index is 11.3. The Labute approximate surface area is 95.6 Å². The van der Waals surface area contributed by atoms with Gasteiger partial charge in [-0.15, -0.1) is 0 Å². The first-order valence-corrected chi connectivity index (χ1v) is 6.89. The minimum Gasteiger partial charge on any atom is -0.481 e. The summed E-state index contributed by atoms with van der Waals surface area (Å²) in [4.78, 5) is 10.5. The van der Waals surface area contributed by atoms with E-state index in [2.05, 4.69) is 9.44 Å². The van der Waals surface area contributed by atoms with Crippen molar-refractivity contribution in [3.05, 3.63) is 0 Å². The predicted molar refractivity (Wildman–Crippen MR) is 59.1 cm³/mol. The lowest BCUT2D eigenvalue weighted by Gasteiger charge is -2.08. The number of aliphatic carboxylic acids is 1. The van der Waals surface area contributed by atoms with E-state index in [1.165, 1.54) is 0 Å². The molecule has 1 atom stereocenters. The Hall–Kier alpha value is -0.660. The van der Waals surface area contributed by atoms with Gasteiger partial charge in [0.2, 0.25) is 0 Å². The van der Waals surface area contributed by atoms with Gasteiger partial charge in [0.25, 0.3) is 10.2 Å². The Bertz CT molecular complexity index is 337. The molecule has 16 heavy (non-hydrogen) atoms. The molecule has 1 fully saturated rings. The van der Waals surface area contributed by atoms with Crippen LogP contribution in [0.25, 0.3) is 0 Å². The summed E-state index contributed by atoms with van der Waals surface area (Å²) in [5.41, 5.74) is 0. The van der Waals surface area contributed by atoms with Gasteiger partial charge in [0, 0.05) is 12.6 Å². The second-order valence-corrected chi connectivity index (χ2v) is 5.70. The van der Waals surface area contributed by atoms with E-state index < -0.39 is 22.1 Å². The summed E-state index contributed by atoms with van der Waals surface area (Å²) < 4.78 is 27.5. The van der Waals surface area contributed by atoms with Crippen molar-refractivity contribution in [3.63, 3.8) is 0 Å². The van der Waals surface area contributed by atoms with E-state index in [-0.39, 0.29) is 12.6 Å². The van der Waals surface area contributed by atoms with Gasteiger partial charge in [-0.1, -0.05) is 6.92 Å². The Balaban J connectivity index is 2.12. The Morgan fingerprint density at radius 3 is 2.62 bits per heavy atom. The third-order valence-electron chi connectivity index (χ3n) is 2.43. The van der Waals surface area contributed by atoms with Gasteiger partial charge in [-0.05, 0) is 25.7 Å². The van der Waals surface area contributed by atoms with Gasteiger partial charge in [0.05, 0.1) is 5.92 Å². The van der Waals surface area contributed by atoms with Crippen LogP contribution in [0.4, 0.5) is 0 Å². The van der Waals surface area contributed by atoms with Crippen molar-refractivity contribution < 1.29 is 18.3 Å². The topological polar surface area (TPSA) is 95.5 Å². The monoisotopic (exact) mass is 250 g/mol. The molecule has 7 heteroatoms. The normalized spacial score (nSPS) is 18.3. The summed E-state index contributed by atoms with van der Waals surface area (Å²) in [5.74, 6) is -1.28. The average molecular weight is 250 g/mol. The number of nitrogens with one attached hydrogen (secondary N) is 2. The molecule has 0 radical (unpaired) electrons. The molecule has 1 aliphatic carbocycles. The van der Waals surface area contributed by atoms with E-state index in [0.29, 0.717) is 12.8 Å². The molecule has 1 rings (SSSR count). The van der Waals surface area contributed by atoms with Crippen molar-refractivity contribution in [2.75, 3.05) is 6.54 Å². The molecular weight excluding hydrogens is 232 g/mol. The molecule has 0 bridgehead atoms. The van der Waals surface area contributed by atoms with Gasteiger partial charge in [0.1, 0.15) is 0 Å². The number of carbonyl (C=O) groups is 1. The van der Waals surface area contributed by atoms with Gasteiger partial charge in [-0.2, -0.15) is 13.1 Å². The van der Waals surface area contributed by atoms with Crippen molar-refractivity contribution in [3.8, 4) is 0 Å². The van der Waals surface area contributed by atoms with Crippen molar-refractivity contribution in [2.24, 2.45) is 5.92 Å². The lowest BCUT2D eigenvalue weighted by atomic mass is 10.1. The molecule has 3 N–H and O–H groups in total. The molecule has 0 spiro atoms. The number of hydrogen-bond acceptors (Lipinski definition) is 3.